The van der Waals surface area contributed by atoms with E-state index in [9.17, 15) is 4.79 Å². The van der Waals surface area contributed by atoms with Gasteiger partial charge in [-0.15, -0.1) is 0 Å². The summed E-state index contributed by atoms with van der Waals surface area (Å²) in [6, 6.07) is 15.0. The molecule has 0 saturated carbocycles. The van der Waals surface area contributed by atoms with Gasteiger partial charge in [0, 0.05) is 16.7 Å². The maximum absolute atomic E-state index is 12.6. The maximum atomic E-state index is 12.6. The van der Waals surface area contributed by atoms with Gasteiger partial charge in [-0.05, 0) is 13.8 Å². The van der Waals surface area contributed by atoms with E-state index in [-0.39, 0.29) is 5.78 Å². The molecule has 0 saturated heterocycles. The third kappa shape index (κ3) is 2.94. The van der Waals surface area contributed by atoms with Crippen LogP contribution >= 0.6 is 0 Å². The van der Waals surface area contributed by atoms with Crippen LogP contribution in [0.15, 0.2) is 53.7 Å². The Balaban J connectivity index is 2.45. The molecule has 0 aromatic heterocycles. The Morgan fingerprint density at radius 1 is 1.00 bits per heavy atom. The van der Waals surface area contributed by atoms with Gasteiger partial charge in [0.2, 0.25) is 0 Å². The van der Waals surface area contributed by atoms with Crippen molar-refractivity contribution in [2.24, 2.45) is 5.16 Å². The number of benzene rings is 2. The fraction of sp³-hybridized carbons (Fsp3) is 0.176. The molecule has 0 aliphatic rings. The van der Waals surface area contributed by atoms with Gasteiger partial charge < -0.3 is 4.84 Å². The lowest BCUT2D eigenvalue weighted by atomic mass is 9.96. The van der Waals surface area contributed by atoms with Crippen LogP contribution in [0.5, 0.6) is 0 Å². The van der Waals surface area contributed by atoms with Crippen molar-refractivity contribution in [1.82, 2.24) is 0 Å². The zero-order valence-electron chi connectivity index (χ0n) is 11.9. The second kappa shape index (κ2) is 6.15. The highest BCUT2D eigenvalue weighted by Crippen LogP contribution is 2.16. The fourth-order valence-electron chi connectivity index (χ4n) is 2.04. The van der Waals surface area contributed by atoms with E-state index in [1.807, 2.05) is 62.4 Å². The average Bonchev–Trinajstić information content (AvgIpc) is 2.47. The summed E-state index contributed by atoms with van der Waals surface area (Å²) in [6.07, 6.45) is 0. The molecule has 0 N–H and O–H groups in total. The first-order valence-electron chi connectivity index (χ1n) is 6.42. The standard InChI is InChI=1S/C17H17NO2/c1-12-8-10-14(11-9-12)17(19)16-7-5-4-6-15(16)13(2)18-20-3/h4-11H,1-3H3/b18-13+. The largest absolute Gasteiger partial charge is 0.399 e. The molecule has 20 heavy (non-hydrogen) atoms. The van der Waals surface area contributed by atoms with E-state index in [4.69, 9.17) is 4.84 Å². The highest BCUT2D eigenvalue weighted by molar-refractivity contribution is 6.16. The molecule has 2 aromatic carbocycles. The Morgan fingerprint density at radius 3 is 2.20 bits per heavy atom. The zero-order chi connectivity index (χ0) is 14.5. The Bertz CT molecular complexity index is 642. The molecular formula is C17H17NO2. The van der Waals surface area contributed by atoms with Crippen LogP contribution in [-0.2, 0) is 4.84 Å². The lowest BCUT2D eigenvalue weighted by Gasteiger charge is -2.08. The van der Waals surface area contributed by atoms with E-state index in [2.05, 4.69) is 5.16 Å². The summed E-state index contributed by atoms with van der Waals surface area (Å²) in [5.41, 5.74) is 3.92. The molecule has 3 nitrogen and oxygen atoms in total. The molecule has 0 fully saturated rings. The molecule has 3 heteroatoms. The van der Waals surface area contributed by atoms with Gasteiger partial charge in [0.15, 0.2) is 5.78 Å². The third-order valence-corrected chi connectivity index (χ3v) is 3.10. The van der Waals surface area contributed by atoms with Gasteiger partial charge >= 0.3 is 0 Å². The summed E-state index contributed by atoms with van der Waals surface area (Å²) < 4.78 is 0. The predicted molar refractivity (Wildman–Crippen MR) is 80.3 cm³/mol. The number of rotatable bonds is 4. The van der Waals surface area contributed by atoms with Crippen molar-refractivity contribution < 1.29 is 9.63 Å². The van der Waals surface area contributed by atoms with Crippen LogP contribution in [0.2, 0.25) is 0 Å². The first-order chi connectivity index (χ1) is 9.63. The number of oxime groups is 1. The van der Waals surface area contributed by atoms with Crippen LogP contribution in [-0.4, -0.2) is 18.6 Å². The predicted octanol–water partition coefficient (Wildman–Crippen LogP) is 3.60. The summed E-state index contributed by atoms with van der Waals surface area (Å²) in [5.74, 6) is -0.00810. The van der Waals surface area contributed by atoms with Crippen LogP contribution in [0.25, 0.3) is 0 Å². The highest BCUT2D eigenvalue weighted by Gasteiger charge is 2.14. The monoisotopic (exact) mass is 267 g/mol. The minimum Gasteiger partial charge on any atom is -0.399 e. The number of carbonyl (C=O) groups is 1. The minimum atomic E-state index is -0.00810. The Kier molecular flexibility index (Phi) is 4.31. The number of ketones is 1. The van der Waals surface area contributed by atoms with Crippen molar-refractivity contribution in [2.75, 3.05) is 7.11 Å². The number of hydrogen-bond donors (Lipinski definition) is 0. The Labute approximate surface area is 118 Å². The molecule has 0 unspecified atom stereocenters. The number of nitrogens with zero attached hydrogens (tertiary/aromatic N) is 1. The van der Waals surface area contributed by atoms with Crippen molar-refractivity contribution >= 4 is 11.5 Å². The molecule has 0 radical (unpaired) electrons. The summed E-state index contributed by atoms with van der Waals surface area (Å²) in [6.45, 7) is 3.82. The van der Waals surface area contributed by atoms with E-state index >= 15 is 0 Å². The van der Waals surface area contributed by atoms with Crippen LogP contribution in [0.3, 0.4) is 0 Å². The van der Waals surface area contributed by atoms with Crippen molar-refractivity contribution in [3.05, 3.63) is 70.8 Å². The molecule has 0 heterocycles. The van der Waals surface area contributed by atoms with Gasteiger partial charge in [-0.2, -0.15) is 0 Å². The van der Waals surface area contributed by atoms with E-state index in [0.717, 1.165) is 11.1 Å². The van der Waals surface area contributed by atoms with Crippen LogP contribution in [0.4, 0.5) is 0 Å². The van der Waals surface area contributed by atoms with Crippen LogP contribution in [0.1, 0.15) is 34.0 Å². The average molecular weight is 267 g/mol. The Morgan fingerprint density at radius 2 is 1.60 bits per heavy atom. The van der Waals surface area contributed by atoms with E-state index < -0.39 is 0 Å². The van der Waals surface area contributed by atoms with Crippen LogP contribution < -0.4 is 0 Å². The highest BCUT2D eigenvalue weighted by atomic mass is 16.6. The van der Waals surface area contributed by atoms with Gasteiger partial charge in [-0.25, -0.2) is 0 Å². The summed E-state index contributed by atoms with van der Waals surface area (Å²) in [7, 11) is 1.49. The molecule has 0 bridgehead atoms. The first-order valence-corrected chi connectivity index (χ1v) is 6.42. The molecule has 0 amide bonds. The van der Waals surface area contributed by atoms with E-state index in [1.165, 1.54) is 7.11 Å². The molecule has 0 spiro atoms. The molecular weight excluding hydrogens is 250 g/mol. The zero-order valence-corrected chi connectivity index (χ0v) is 11.9. The van der Waals surface area contributed by atoms with Crippen LogP contribution in [0, 0.1) is 6.92 Å². The second-order valence-corrected chi connectivity index (χ2v) is 4.60. The first kappa shape index (κ1) is 14.0. The molecule has 0 atom stereocenters. The van der Waals surface area contributed by atoms with E-state index in [0.29, 0.717) is 16.8 Å². The number of carbonyl (C=O) groups excluding carboxylic acids is 1. The molecule has 102 valence electrons. The maximum Gasteiger partial charge on any atom is 0.193 e. The van der Waals surface area contributed by atoms with Crippen molar-refractivity contribution in [3.8, 4) is 0 Å². The summed E-state index contributed by atoms with van der Waals surface area (Å²) in [4.78, 5) is 17.4. The second-order valence-electron chi connectivity index (χ2n) is 4.60. The van der Waals surface area contributed by atoms with Gasteiger partial charge in [0.1, 0.15) is 7.11 Å². The summed E-state index contributed by atoms with van der Waals surface area (Å²) >= 11 is 0. The molecule has 2 rings (SSSR count). The van der Waals surface area contributed by atoms with Crippen molar-refractivity contribution in [2.45, 2.75) is 13.8 Å². The SMILES string of the molecule is CO/N=C(\C)c1ccccc1C(=O)c1ccc(C)cc1. The lowest BCUT2D eigenvalue weighted by Crippen LogP contribution is -2.09. The topological polar surface area (TPSA) is 38.7 Å². The van der Waals surface area contributed by atoms with Gasteiger partial charge in [0.25, 0.3) is 0 Å². The van der Waals surface area contributed by atoms with Crippen molar-refractivity contribution in [3.63, 3.8) is 0 Å². The lowest BCUT2D eigenvalue weighted by molar-refractivity contribution is 0.103. The minimum absolute atomic E-state index is 0.00810. The van der Waals surface area contributed by atoms with Crippen molar-refractivity contribution in [1.29, 1.82) is 0 Å². The van der Waals surface area contributed by atoms with Gasteiger partial charge in [-0.1, -0.05) is 59.3 Å². The normalized spacial score (nSPS) is 11.2. The summed E-state index contributed by atoms with van der Waals surface area (Å²) in [5, 5.41) is 3.91. The fourth-order valence-corrected chi connectivity index (χ4v) is 2.04. The number of hydrogen-bond acceptors (Lipinski definition) is 3. The Hall–Kier alpha value is -2.42. The van der Waals surface area contributed by atoms with Gasteiger partial charge in [0.05, 0.1) is 5.71 Å². The molecule has 2 aromatic rings. The smallest absolute Gasteiger partial charge is 0.193 e. The van der Waals surface area contributed by atoms with Gasteiger partial charge in [-0.3, -0.25) is 4.79 Å². The number of aryl methyl sites for hydroxylation is 1. The third-order valence-electron chi connectivity index (χ3n) is 3.10. The molecule has 0 aliphatic carbocycles. The van der Waals surface area contributed by atoms with E-state index in [1.54, 1.807) is 0 Å². The quantitative estimate of drug-likeness (QED) is 0.482. The molecule has 0 aliphatic heterocycles.